The summed E-state index contributed by atoms with van der Waals surface area (Å²) in [6.45, 7) is 0.421. The van der Waals surface area contributed by atoms with Gasteiger partial charge in [0.05, 0.1) is 12.6 Å². The van der Waals surface area contributed by atoms with Crippen molar-refractivity contribution in [2.45, 2.75) is 51.1 Å². The van der Waals surface area contributed by atoms with E-state index < -0.39 is 0 Å². The molecule has 0 spiro atoms. The normalized spacial score (nSPS) is 16.1. The highest BCUT2D eigenvalue weighted by Gasteiger charge is 2.21. The number of halogens is 1. The lowest BCUT2D eigenvalue weighted by atomic mass is 10.2. The Bertz CT molecular complexity index is 389. The van der Waals surface area contributed by atoms with Gasteiger partial charge in [0.15, 0.2) is 5.82 Å². The molecule has 1 amide bonds. The van der Waals surface area contributed by atoms with Gasteiger partial charge in [-0.25, -0.2) is 4.68 Å². The third-order valence-electron chi connectivity index (χ3n) is 3.21. The highest BCUT2D eigenvalue weighted by molar-refractivity contribution is 9.09. The molecule has 0 aromatic carbocycles. The van der Waals surface area contributed by atoms with E-state index in [1.165, 1.54) is 12.8 Å². The van der Waals surface area contributed by atoms with E-state index in [1.807, 2.05) is 4.68 Å². The Morgan fingerprint density at radius 3 is 2.94 bits per heavy atom. The summed E-state index contributed by atoms with van der Waals surface area (Å²) in [6.07, 6.45) is 6.13. The van der Waals surface area contributed by atoms with E-state index in [2.05, 4.69) is 36.8 Å². The van der Waals surface area contributed by atoms with E-state index in [0.717, 1.165) is 30.4 Å². The van der Waals surface area contributed by atoms with Crippen LogP contribution in [0.5, 0.6) is 0 Å². The molecule has 2 rings (SSSR count). The molecule has 6 nitrogen and oxygen atoms in total. The molecule has 1 aromatic heterocycles. The number of amides is 1. The molecule has 0 bridgehead atoms. The number of alkyl halides is 1. The molecule has 1 fully saturated rings. The van der Waals surface area contributed by atoms with Crippen LogP contribution in [-0.2, 0) is 11.3 Å². The smallest absolute Gasteiger partial charge is 0.220 e. The molecule has 0 saturated heterocycles. The van der Waals surface area contributed by atoms with Crippen molar-refractivity contribution in [3.8, 4) is 0 Å². The van der Waals surface area contributed by atoms with Gasteiger partial charge < -0.3 is 5.32 Å². The third kappa shape index (κ3) is 3.51. The number of aromatic nitrogens is 4. The van der Waals surface area contributed by atoms with Crippen molar-refractivity contribution >= 4 is 21.8 Å². The summed E-state index contributed by atoms with van der Waals surface area (Å²) in [5, 5.41) is 15.4. The van der Waals surface area contributed by atoms with Gasteiger partial charge in [-0.2, -0.15) is 0 Å². The SMILES string of the molecule is O=C(CCCBr)NCc1nnnn1C1CCCC1. The standard InChI is InChI=1S/C11H18BrN5O/c12-7-3-6-11(18)13-8-10-14-15-16-17(10)9-4-1-2-5-9/h9H,1-8H2,(H,13,18). The molecule has 0 radical (unpaired) electrons. The first-order valence-corrected chi connectivity index (χ1v) is 7.53. The maximum atomic E-state index is 11.5. The molecular weight excluding hydrogens is 298 g/mol. The van der Waals surface area contributed by atoms with Crippen molar-refractivity contribution in [1.82, 2.24) is 25.5 Å². The summed E-state index contributed by atoms with van der Waals surface area (Å²) in [4.78, 5) is 11.5. The minimum atomic E-state index is 0.0513. The predicted molar refractivity (Wildman–Crippen MR) is 70.2 cm³/mol. The average Bonchev–Trinajstić information content (AvgIpc) is 3.03. The number of rotatable bonds is 6. The van der Waals surface area contributed by atoms with Gasteiger partial charge in [-0.15, -0.1) is 5.10 Å². The summed E-state index contributed by atoms with van der Waals surface area (Å²) < 4.78 is 1.87. The number of hydrogen-bond acceptors (Lipinski definition) is 4. The molecule has 1 aromatic rings. The van der Waals surface area contributed by atoms with E-state index in [1.54, 1.807) is 0 Å². The van der Waals surface area contributed by atoms with Crippen LogP contribution in [0.3, 0.4) is 0 Å². The van der Waals surface area contributed by atoms with Crippen molar-refractivity contribution < 1.29 is 4.79 Å². The predicted octanol–water partition coefficient (Wildman–Crippen LogP) is 1.58. The zero-order valence-corrected chi connectivity index (χ0v) is 11.9. The van der Waals surface area contributed by atoms with Crippen molar-refractivity contribution in [2.75, 3.05) is 5.33 Å². The maximum Gasteiger partial charge on any atom is 0.220 e. The van der Waals surface area contributed by atoms with Gasteiger partial charge in [-0.3, -0.25) is 4.79 Å². The molecule has 1 saturated carbocycles. The summed E-state index contributed by atoms with van der Waals surface area (Å²) in [7, 11) is 0. The van der Waals surface area contributed by atoms with Crippen molar-refractivity contribution in [1.29, 1.82) is 0 Å². The van der Waals surface area contributed by atoms with Gasteiger partial charge in [-0.05, 0) is 29.7 Å². The Hall–Kier alpha value is -0.980. The molecule has 0 aliphatic heterocycles. The van der Waals surface area contributed by atoms with Crippen LogP contribution in [0.4, 0.5) is 0 Å². The molecule has 1 heterocycles. The van der Waals surface area contributed by atoms with Crippen LogP contribution < -0.4 is 5.32 Å². The highest BCUT2D eigenvalue weighted by Crippen LogP contribution is 2.28. The average molecular weight is 316 g/mol. The first-order chi connectivity index (χ1) is 8.81. The van der Waals surface area contributed by atoms with E-state index in [4.69, 9.17) is 0 Å². The van der Waals surface area contributed by atoms with Crippen LogP contribution in [0.2, 0.25) is 0 Å². The lowest BCUT2D eigenvalue weighted by molar-refractivity contribution is -0.121. The Labute approximate surface area is 115 Å². The molecule has 1 aliphatic carbocycles. The monoisotopic (exact) mass is 315 g/mol. The van der Waals surface area contributed by atoms with E-state index >= 15 is 0 Å². The fraction of sp³-hybridized carbons (Fsp3) is 0.818. The Morgan fingerprint density at radius 2 is 2.22 bits per heavy atom. The van der Waals surface area contributed by atoms with Crippen LogP contribution >= 0.6 is 15.9 Å². The molecule has 1 N–H and O–H groups in total. The quantitative estimate of drug-likeness (QED) is 0.809. The van der Waals surface area contributed by atoms with Crippen LogP contribution in [0, 0.1) is 0 Å². The van der Waals surface area contributed by atoms with E-state index in [0.29, 0.717) is 19.0 Å². The van der Waals surface area contributed by atoms with Crippen LogP contribution in [-0.4, -0.2) is 31.4 Å². The summed E-state index contributed by atoms with van der Waals surface area (Å²) in [5.74, 6) is 0.810. The second-order valence-corrected chi connectivity index (χ2v) is 5.34. The molecular formula is C11H18BrN5O. The molecule has 100 valence electrons. The molecule has 0 unspecified atom stereocenters. The summed E-state index contributed by atoms with van der Waals surface area (Å²) in [6, 6.07) is 0.412. The molecule has 18 heavy (non-hydrogen) atoms. The highest BCUT2D eigenvalue weighted by atomic mass is 79.9. The van der Waals surface area contributed by atoms with E-state index in [9.17, 15) is 4.79 Å². The molecule has 0 atom stereocenters. The second kappa shape index (κ2) is 6.82. The molecule has 7 heteroatoms. The zero-order chi connectivity index (χ0) is 12.8. The van der Waals surface area contributed by atoms with Gasteiger partial charge in [0, 0.05) is 11.8 Å². The largest absolute Gasteiger partial charge is 0.349 e. The topological polar surface area (TPSA) is 72.7 Å². The van der Waals surface area contributed by atoms with Crippen molar-refractivity contribution in [3.05, 3.63) is 5.82 Å². The van der Waals surface area contributed by atoms with Gasteiger partial charge in [-0.1, -0.05) is 28.8 Å². The summed E-state index contributed by atoms with van der Waals surface area (Å²) >= 11 is 3.31. The first-order valence-electron chi connectivity index (χ1n) is 6.40. The number of carbonyl (C=O) groups excluding carboxylic acids is 1. The number of carbonyl (C=O) groups is 1. The van der Waals surface area contributed by atoms with Crippen LogP contribution in [0.25, 0.3) is 0 Å². The third-order valence-corrected chi connectivity index (χ3v) is 3.77. The van der Waals surface area contributed by atoms with Crippen molar-refractivity contribution in [2.24, 2.45) is 0 Å². The number of tetrazole rings is 1. The number of nitrogens with one attached hydrogen (secondary N) is 1. The Kier molecular flexibility index (Phi) is 5.10. The van der Waals surface area contributed by atoms with Gasteiger partial charge >= 0.3 is 0 Å². The second-order valence-electron chi connectivity index (χ2n) is 4.55. The van der Waals surface area contributed by atoms with Crippen molar-refractivity contribution in [3.63, 3.8) is 0 Å². The van der Waals surface area contributed by atoms with E-state index in [-0.39, 0.29) is 5.91 Å². The molecule has 1 aliphatic rings. The Morgan fingerprint density at radius 1 is 1.44 bits per heavy atom. The fourth-order valence-corrected chi connectivity index (χ4v) is 2.53. The fourth-order valence-electron chi connectivity index (χ4n) is 2.25. The summed E-state index contributed by atoms with van der Waals surface area (Å²) in [5.41, 5.74) is 0. The van der Waals surface area contributed by atoms with Gasteiger partial charge in [0.1, 0.15) is 0 Å². The maximum absolute atomic E-state index is 11.5. The zero-order valence-electron chi connectivity index (χ0n) is 10.3. The minimum Gasteiger partial charge on any atom is -0.349 e. The van der Waals surface area contributed by atoms with Gasteiger partial charge in [0.2, 0.25) is 5.91 Å². The van der Waals surface area contributed by atoms with Crippen LogP contribution in [0.15, 0.2) is 0 Å². The number of hydrogen-bond donors (Lipinski definition) is 1. The van der Waals surface area contributed by atoms with Crippen LogP contribution in [0.1, 0.15) is 50.4 Å². The Balaban J connectivity index is 1.85. The lowest BCUT2D eigenvalue weighted by Gasteiger charge is -2.11. The first kappa shape index (κ1) is 13.5. The van der Waals surface area contributed by atoms with Gasteiger partial charge in [0.25, 0.3) is 0 Å². The number of nitrogens with zero attached hydrogens (tertiary/aromatic N) is 4. The lowest BCUT2D eigenvalue weighted by Crippen LogP contribution is -2.25. The minimum absolute atomic E-state index is 0.0513.